The number of halogens is 2. The molecular formula is C19H19Cl2N3O7S2. The maximum Gasteiger partial charge on any atom is 0.326 e. The van der Waals surface area contributed by atoms with Gasteiger partial charge in [0.25, 0.3) is 0 Å². The normalized spacial score (nSPS) is 20.0. The molecule has 1 saturated heterocycles. The summed E-state index contributed by atoms with van der Waals surface area (Å²) >= 11 is 12.1. The summed E-state index contributed by atoms with van der Waals surface area (Å²) in [6.07, 6.45) is 0.867. The first-order chi connectivity index (χ1) is 15.3. The second-order valence-corrected chi connectivity index (χ2v) is 11.5. The number of benzene rings is 2. The zero-order chi connectivity index (χ0) is 24.7. The number of nitrogens with zero attached hydrogens (tertiary/aromatic N) is 2. The van der Waals surface area contributed by atoms with Gasteiger partial charge in [-0.1, -0.05) is 35.3 Å². The van der Waals surface area contributed by atoms with Crippen LogP contribution in [-0.4, -0.2) is 59.0 Å². The maximum absolute atomic E-state index is 13.2. The van der Waals surface area contributed by atoms with Crippen LogP contribution in [0.2, 0.25) is 10.0 Å². The summed E-state index contributed by atoms with van der Waals surface area (Å²) in [6, 6.07) is 6.70. The van der Waals surface area contributed by atoms with E-state index < -0.39 is 50.6 Å². The van der Waals surface area contributed by atoms with Gasteiger partial charge >= 0.3 is 5.97 Å². The summed E-state index contributed by atoms with van der Waals surface area (Å²) in [5.74, 6) is -1.57. The Kier molecular flexibility index (Phi) is 7.08. The van der Waals surface area contributed by atoms with E-state index in [2.05, 4.69) is 0 Å². The largest absolute Gasteiger partial charge is 0.468 e. The molecule has 0 saturated carbocycles. The summed E-state index contributed by atoms with van der Waals surface area (Å²) in [5, 5.41) is 5.50. The molecule has 2 atom stereocenters. The molecule has 33 heavy (non-hydrogen) atoms. The predicted octanol–water partition coefficient (Wildman–Crippen LogP) is 1.53. The highest BCUT2D eigenvalue weighted by Crippen LogP contribution is 2.39. The van der Waals surface area contributed by atoms with Gasteiger partial charge in [0.1, 0.15) is 6.04 Å². The molecule has 0 spiro atoms. The molecule has 1 heterocycles. The Hall–Kier alpha value is -2.22. The van der Waals surface area contributed by atoms with Gasteiger partial charge in [-0.25, -0.2) is 22.0 Å². The molecule has 2 N–H and O–H groups in total. The van der Waals surface area contributed by atoms with E-state index in [-0.39, 0.29) is 26.2 Å². The lowest BCUT2D eigenvalue weighted by molar-refractivity contribution is -0.147. The number of amides is 1. The fourth-order valence-electron chi connectivity index (χ4n) is 3.58. The van der Waals surface area contributed by atoms with E-state index in [4.69, 9.17) is 33.1 Å². The van der Waals surface area contributed by atoms with E-state index in [0.717, 1.165) is 17.7 Å². The lowest BCUT2D eigenvalue weighted by atomic mass is 9.94. The second kappa shape index (κ2) is 9.20. The first-order valence-corrected chi connectivity index (χ1v) is 13.3. The van der Waals surface area contributed by atoms with Crippen LogP contribution in [0.15, 0.2) is 47.4 Å². The molecule has 10 nitrogen and oxygen atoms in total. The fourth-order valence-corrected chi connectivity index (χ4v) is 5.34. The number of nitrogens with two attached hydrogens (primary N) is 1. The average molecular weight is 536 g/mol. The van der Waals surface area contributed by atoms with Gasteiger partial charge in [0.15, 0.2) is 0 Å². The van der Waals surface area contributed by atoms with Gasteiger partial charge in [0.05, 0.1) is 40.9 Å². The smallest absolute Gasteiger partial charge is 0.326 e. The predicted molar refractivity (Wildman–Crippen MR) is 122 cm³/mol. The molecule has 0 aromatic heterocycles. The third kappa shape index (κ3) is 5.15. The molecule has 0 unspecified atom stereocenters. The number of hydrogen-bond donors (Lipinski definition) is 1. The van der Waals surface area contributed by atoms with Gasteiger partial charge in [-0.3, -0.25) is 9.59 Å². The number of esters is 1. The molecule has 0 radical (unpaired) electrons. The molecule has 0 aliphatic carbocycles. The minimum Gasteiger partial charge on any atom is -0.468 e. The lowest BCUT2D eigenvalue weighted by Gasteiger charge is -2.44. The number of anilines is 1. The Bertz CT molecular complexity index is 1320. The van der Waals surface area contributed by atoms with Crippen LogP contribution in [0.4, 0.5) is 5.69 Å². The van der Waals surface area contributed by atoms with E-state index in [9.17, 15) is 26.4 Å². The van der Waals surface area contributed by atoms with Crippen molar-refractivity contribution in [3.05, 3.63) is 58.1 Å². The van der Waals surface area contributed by atoms with Crippen LogP contribution < -0.4 is 10.0 Å². The van der Waals surface area contributed by atoms with Crippen molar-refractivity contribution in [1.82, 2.24) is 4.31 Å². The van der Waals surface area contributed by atoms with Crippen molar-refractivity contribution in [2.75, 3.05) is 24.8 Å². The van der Waals surface area contributed by atoms with Crippen LogP contribution in [-0.2, 0) is 34.4 Å². The highest BCUT2D eigenvalue weighted by molar-refractivity contribution is 7.89. The van der Waals surface area contributed by atoms with Crippen LogP contribution in [0.5, 0.6) is 0 Å². The minimum atomic E-state index is -4.03. The quantitative estimate of drug-likeness (QED) is 0.571. The zero-order valence-electron chi connectivity index (χ0n) is 17.3. The van der Waals surface area contributed by atoms with Crippen molar-refractivity contribution in [3.63, 3.8) is 0 Å². The van der Waals surface area contributed by atoms with Gasteiger partial charge in [-0.2, -0.15) is 4.31 Å². The Morgan fingerprint density at radius 2 is 1.67 bits per heavy atom. The van der Waals surface area contributed by atoms with Gasteiger partial charge < -0.3 is 9.64 Å². The van der Waals surface area contributed by atoms with Gasteiger partial charge in [-0.15, -0.1) is 0 Å². The van der Waals surface area contributed by atoms with E-state index in [1.54, 1.807) is 0 Å². The fraction of sp³-hybridized carbons (Fsp3) is 0.263. The molecule has 1 aliphatic rings. The number of sulfonamides is 2. The summed E-state index contributed by atoms with van der Waals surface area (Å²) in [7, 11) is -6.96. The van der Waals surface area contributed by atoms with Gasteiger partial charge in [0.2, 0.25) is 26.0 Å². The number of carbonyl (C=O) groups excluding carboxylic acids is 2. The van der Waals surface area contributed by atoms with Crippen LogP contribution in [0, 0.1) is 0 Å². The number of ether oxygens (including phenoxy) is 1. The summed E-state index contributed by atoms with van der Waals surface area (Å²) in [5.41, 5.74) is 0.502. The molecule has 178 valence electrons. The van der Waals surface area contributed by atoms with Crippen molar-refractivity contribution in [2.24, 2.45) is 5.14 Å². The summed E-state index contributed by atoms with van der Waals surface area (Å²) in [6.45, 7) is -0.634. The Morgan fingerprint density at radius 1 is 1.06 bits per heavy atom. The summed E-state index contributed by atoms with van der Waals surface area (Å²) in [4.78, 5) is 27.0. The highest BCUT2D eigenvalue weighted by atomic mass is 35.5. The van der Waals surface area contributed by atoms with E-state index in [0.29, 0.717) is 0 Å². The molecule has 14 heteroatoms. The average Bonchev–Trinajstić information content (AvgIpc) is 2.73. The highest BCUT2D eigenvalue weighted by Gasteiger charge is 2.50. The van der Waals surface area contributed by atoms with Crippen LogP contribution in [0.1, 0.15) is 11.6 Å². The number of methoxy groups -OCH3 is 1. The van der Waals surface area contributed by atoms with Gasteiger partial charge in [-0.05, 0) is 35.9 Å². The number of rotatable bonds is 5. The molecule has 2 aromatic carbocycles. The molecule has 1 fully saturated rings. The maximum atomic E-state index is 13.2. The standard InChI is InChI=1S/C19H19Cl2N3O7S2/c1-31-19(26)18-17(11-3-6-13(7-4-11)33(22,29)30)24(12-5-8-14(20)15(21)9-12)16(25)10-23(18)32(2,27)28/h3-9,17-18H,10H2,1-2H3,(H2,22,29,30)/t17-,18+/m0/s1. The van der Waals surface area contributed by atoms with Gasteiger partial charge in [0, 0.05) is 5.69 Å². The SMILES string of the molecule is COC(=O)[C@H]1[C@H](c2ccc(S(N)(=O)=O)cc2)N(c2ccc(Cl)c(Cl)c2)C(=O)CN1S(C)(=O)=O. The van der Waals surface area contributed by atoms with Crippen molar-refractivity contribution in [1.29, 1.82) is 0 Å². The molecule has 1 amide bonds. The van der Waals surface area contributed by atoms with Crippen molar-refractivity contribution in [3.8, 4) is 0 Å². The minimum absolute atomic E-state index is 0.130. The van der Waals surface area contributed by atoms with E-state index >= 15 is 0 Å². The molecule has 2 aromatic rings. The third-order valence-corrected chi connectivity index (χ3v) is 7.92. The van der Waals surface area contributed by atoms with Crippen molar-refractivity contribution < 1.29 is 31.2 Å². The molecule has 3 rings (SSSR count). The van der Waals surface area contributed by atoms with E-state index in [1.165, 1.54) is 47.4 Å². The summed E-state index contributed by atoms with van der Waals surface area (Å²) < 4.78 is 53.9. The molecule has 0 bridgehead atoms. The molecular weight excluding hydrogens is 517 g/mol. The zero-order valence-corrected chi connectivity index (χ0v) is 20.5. The third-order valence-electron chi connectivity index (χ3n) is 5.05. The Balaban J connectivity index is 2.27. The number of primary sulfonamides is 1. The Labute approximate surface area is 200 Å². The first-order valence-electron chi connectivity index (χ1n) is 9.20. The topological polar surface area (TPSA) is 144 Å². The van der Waals surface area contributed by atoms with Crippen LogP contribution in [0.3, 0.4) is 0 Å². The molecule has 1 aliphatic heterocycles. The Morgan fingerprint density at radius 3 is 2.15 bits per heavy atom. The van der Waals surface area contributed by atoms with Crippen molar-refractivity contribution in [2.45, 2.75) is 17.0 Å². The van der Waals surface area contributed by atoms with E-state index in [1.807, 2.05) is 0 Å². The number of carbonyl (C=O) groups is 2. The number of piperazine rings is 1. The lowest BCUT2D eigenvalue weighted by Crippen LogP contribution is -2.62. The number of hydrogen-bond acceptors (Lipinski definition) is 7. The van der Waals surface area contributed by atoms with Crippen molar-refractivity contribution >= 4 is 60.8 Å². The van der Waals surface area contributed by atoms with Crippen LogP contribution in [0.25, 0.3) is 0 Å². The second-order valence-electron chi connectivity index (χ2n) is 7.20. The first kappa shape index (κ1) is 25.4. The van der Waals surface area contributed by atoms with Crippen LogP contribution >= 0.6 is 23.2 Å². The monoisotopic (exact) mass is 535 g/mol.